The molecule has 0 radical (unpaired) electrons. The van der Waals surface area contributed by atoms with E-state index in [2.05, 4.69) is 69.8 Å². The number of aryl methyl sites for hydroxylation is 2. The van der Waals surface area contributed by atoms with Crippen LogP contribution in [0.15, 0.2) is 49.0 Å². The highest BCUT2D eigenvalue weighted by Crippen LogP contribution is 2.31. The molecule has 2 rings (SSSR count). The van der Waals surface area contributed by atoms with Crippen LogP contribution in [0.3, 0.4) is 0 Å². The molecule has 2 aromatic carbocycles. The van der Waals surface area contributed by atoms with Crippen molar-refractivity contribution >= 4 is 23.2 Å². The molecular weight excluding hydrogens is 332 g/mol. The molecule has 0 bridgehead atoms. The Bertz CT molecular complexity index is 727. The van der Waals surface area contributed by atoms with Crippen molar-refractivity contribution in [3.05, 3.63) is 76.9 Å². The molecule has 0 spiro atoms. The van der Waals surface area contributed by atoms with Crippen molar-refractivity contribution < 1.29 is 0 Å². The van der Waals surface area contributed by atoms with E-state index in [1.807, 2.05) is 5.37 Å². The number of unbranched alkanes of at least 4 members (excludes halogenated alkanes) is 1. The van der Waals surface area contributed by atoms with Gasteiger partial charge in [0, 0.05) is 0 Å². The monoisotopic (exact) mass is 364 g/mol. The molecule has 1 unspecified atom stereocenters. The highest BCUT2D eigenvalue weighted by atomic mass is 32.1. The third kappa shape index (κ3) is 5.38. The number of rotatable bonds is 10. The maximum Gasteiger partial charge on any atom is -0.0147 e. The van der Waals surface area contributed by atoms with Crippen LogP contribution in [0.2, 0.25) is 0 Å². The first-order chi connectivity index (χ1) is 12.6. The number of benzene rings is 2. The van der Waals surface area contributed by atoms with E-state index >= 15 is 0 Å². The van der Waals surface area contributed by atoms with Gasteiger partial charge in [-0.1, -0.05) is 81.5 Å². The standard InChI is InChI=1S/C25H32S/c1-5-6-12-24-21(4)23(14-13-22-10-8-7-9-11-22)15-16-25(24)20(3)19(2)17-18-26/h7-11,15-16,18-19H,3,5-6,12-14,17H2,1-2,4H3. The second kappa shape index (κ2) is 10.4. The van der Waals surface area contributed by atoms with E-state index in [0.29, 0.717) is 5.92 Å². The summed E-state index contributed by atoms with van der Waals surface area (Å²) in [5.41, 5.74) is 8.42. The predicted molar refractivity (Wildman–Crippen MR) is 120 cm³/mol. The van der Waals surface area contributed by atoms with Crippen molar-refractivity contribution in [2.45, 2.75) is 59.3 Å². The Kier molecular flexibility index (Phi) is 8.25. The van der Waals surface area contributed by atoms with Crippen molar-refractivity contribution in [3.63, 3.8) is 0 Å². The average molecular weight is 365 g/mol. The van der Waals surface area contributed by atoms with Crippen LogP contribution in [0.1, 0.15) is 60.9 Å². The molecule has 0 saturated carbocycles. The van der Waals surface area contributed by atoms with E-state index in [-0.39, 0.29) is 0 Å². The molecule has 1 atom stereocenters. The van der Waals surface area contributed by atoms with Gasteiger partial charge in [-0.3, -0.25) is 0 Å². The van der Waals surface area contributed by atoms with Gasteiger partial charge in [0.1, 0.15) is 0 Å². The molecule has 0 amide bonds. The summed E-state index contributed by atoms with van der Waals surface area (Å²) in [6.07, 6.45) is 6.68. The van der Waals surface area contributed by atoms with E-state index in [0.717, 1.165) is 25.7 Å². The lowest BCUT2D eigenvalue weighted by Gasteiger charge is -2.21. The lowest BCUT2D eigenvalue weighted by atomic mass is 9.84. The van der Waals surface area contributed by atoms with E-state index < -0.39 is 0 Å². The Morgan fingerprint density at radius 2 is 1.81 bits per heavy atom. The quantitative estimate of drug-likeness (QED) is 0.403. The molecule has 1 heteroatoms. The van der Waals surface area contributed by atoms with Gasteiger partial charge in [0.05, 0.1) is 0 Å². The summed E-state index contributed by atoms with van der Waals surface area (Å²) in [6, 6.07) is 15.4. The molecule has 26 heavy (non-hydrogen) atoms. The molecule has 138 valence electrons. The molecule has 0 fully saturated rings. The smallest absolute Gasteiger partial charge is 0.0147 e. The minimum Gasteiger partial charge on any atom is -0.0949 e. The second-order valence-electron chi connectivity index (χ2n) is 7.29. The Morgan fingerprint density at radius 1 is 1.08 bits per heavy atom. The van der Waals surface area contributed by atoms with Crippen LogP contribution in [0, 0.1) is 12.8 Å². The summed E-state index contributed by atoms with van der Waals surface area (Å²) in [7, 11) is 0. The molecule has 0 heterocycles. The van der Waals surface area contributed by atoms with Crippen molar-refractivity contribution in [2.75, 3.05) is 0 Å². The zero-order chi connectivity index (χ0) is 18.9. The van der Waals surface area contributed by atoms with E-state index in [1.165, 1.54) is 46.2 Å². The summed E-state index contributed by atoms with van der Waals surface area (Å²) in [5, 5.41) is 1.84. The summed E-state index contributed by atoms with van der Waals surface area (Å²) in [5.74, 6) is 0.405. The molecule has 0 saturated heterocycles. The summed E-state index contributed by atoms with van der Waals surface area (Å²) >= 11 is 5.06. The molecule has 0 N–H and O–H groups in total. The topological polar surface area (TPSA) is 0 Å². The van der Waals surface area contributed by atoms with Gasteiger partial charge in [-0.25, -0.2) is 0 Å². The van der Waals surface area contributed by atoms with Gasteiger partial charge in [-0.2, -0.15) is 0 Å². The van der Waals surface area contributed by atoms with Crippen LogP contribution in [0.25, 0.3) is 5.57 Å². The van der Waals surface area contributed by atoms with Crippen molar-refractivity contribution in [2.24, 2.45) is 5.92 Å². The van der Waals surface area contributed by atoms with Gasteiger partial charge in [-0.15, -0.1) is 0 Å². The summed E-state index contributed by atoms with van der Waals surface area (Å²) < 4.78 is 0. The van der Waals surface area contributed by atoms with E-state index in [4.69, 9.17) is 12.2 Å². The van der Waals surface area contributed by atoms with E-state index in [1.54, 1.807) is 0 Å². The highest BCUT2D eigenvalue weighted by Gasteiger charge is 2.15. The van der Waals surface area contributed by atoms with Crippen LogP contribution in [0.4, 0.5) is 0 Å². The van der Waals surface area contributed by atoms with Crippen LogP contribution < -0.4 is 0 Å². The summed E-state index contributed by atoms with van der Waals surface area (Å²) in [4.78, 5) is 0. The van der Waals surface area contributed by atoms with Gasteiger partial charge in [0.2, 0.25) is 0 Å². The third-order valence-corrected chi connectivity index (χ3v) is 5.60. The van der Waals surface area contributed by atoms with Crippen LogP contribution >= 0.6 is 12.2 Å². The van der Waals surface area contributed by atoms with Crippen molar-refractivity contribution in [1.82, 2.24) is 0 Å². The second-order valence-corrected chi connectivity index (χ2v) is 7.63. The number of hydrogen-bond acceptors (Lipinski definition) is 1. The first-order valence-corrected chi connectivity index (χ1v) is 10.3. The normalized spacial score (nSPS) is 12.0. The molecule has 0 aliphatic rings. The Balaban J connectivity index is 2.28. The lowest BCUT2D eigenvalue weighted by Crippen LogP contribution is -2.06. The van der Waals surface area contributed by atoms with Gasteiger partial charge in [0.15, 0.2) is 0 Å². The van der Waals surface area contributed by atoms with Crippen molar-refractivity contribution in [3.8, 4) is 0 Å². The number of allylic oxidation sites excluding steroid dienone is 1. The Hall–Kier alpha value is -1.73. The third-order valence-electron chi connectivity index (χ3n) is 5.41. The molecule has 0 aliphatic carbocycles. The van der Waals surface area contributed by atoms with Gasteiger partial charge in [-0.05, 0) is 83.7 Å². The SMILES string of the molecule is C=C(c1ccc(CCc2ccccc2)c(C)c1CCCC)C(C)CC=S. The largest absolute Gasteiger partial charge is 0.0949 e. The van der Waals surface area contributed by atoms with Gasteiger partial charge < -0.3 is 0 Å². The predicted octanol–water partition coefficient (Wildman–Crippen LogP) is 7.16. The Morgan fingerprint density at radius 3 is 2.46 bits per heavy atom. The molecule has 0 aromatic heterocycles. The van der Waals surface area contributed by atoms with Crippen molar-refractivity contribution in [1.29, 1.82) is 0 Å². The molecule has 2 aromatic rings. The zero-order valence-electron chi connectivity index (χ0n) is 16.6. The fourth-order valence-electron chi connectivity index (χ4n) is 3.53. The zero-order valence-corrected chi connectivity index (χ0v) is 17.4. The van der Waals surface area contributed by atoms with E-state index in [9.17, 15) is 0 Å². The maximum atomic E-state index is 5.06. The highest BCUT2D eigenvalue weighted by molar-refractivity contribution is 7.78. The molecule has 0 aliphatic heterocycles. The maximum absolute atomic E-state index is 5.06. The number of hydrogen-bond donors (Lipinski definition) is 0. The van der Waals surface area contributed by atoms with Crippen LogP contribution in [-0.2, 0) is 19.3 Å². The van der Waals surface area contributed by atoms with Crippen LogP contribution in [-0.4, -0.2) is 5.37 Å². The average Bonchev–Trinajstić information content (AvgIpc) is 2.66. The fourth-order valence-corrected chi connectivity index (χ4v) is 3.82. The minimum atomic E-state index is 0.405. The fraction of sp³-hybridized carbons (Fsp3) is 0.400. The van der Waals surface area contributed by atoms with Gasteiger partial charge >= 0.3 is 0 Å². The molecular formula is C25H32S. The lowest BCUT2D eigenvalue weighted by molar-refractivity contribution is 0.774. The number of thiocarbonyl (C=S) groups is 1. The summed E-state index contributed by atoms with van der Waals surface area (Å²) in [6.45, 7) is 11.2. The minimum absolute atomic E-state index is 0.405. The van der Waals surface area contributed by atoms with Crippen LogP contribution in [0.5, 0.6) is 0 Å². The Labute approximate surface area is 165 Å². The van der Waals surface area contributed by atoms with Gasteiger partial charge in [0.25, 0.3) is 0 Å². The first kappa shape index (κ1) is 20.6. The molecule has 0 nitrogen and oxygen atoms in total. The first-order valence-electron chi connectivity index (χ1n) is 9.86.